The molecule has 0 unspecified atom stereocenters. The lowest BCUT2D eigenvalue weighted by Crippen LogP contribution is -2.11. The number of aromatic carboxylic acids is 1. The number of carboxylic acids is 1. The summed E-state index contributed by atoms with van der Waals surface area (Å²) in [5.74, 6) is -1.48. The number of carbonyl (C=O) groups is 2. The monoisotopic (exact) mass is 348 g/mol. The first-order valence-electron chi connectivity index (χ1n) is 7.87. The summed E-state index contributed by atoms with van der Waals surface area (Å²) in [4.78, 5) is 23.7. The molecule has 0 radical (unpaired) electrons. The molecule has 0 heterocycles. The van der Waals surface area contributed by atoms with Crippen molar-refractivity contribution in [3.8, 4) is 22.6 Å². The largest absolute Gasteiger partial charge is 0.497 e. The molecule has 130 valence electrons. The first kappa shape index (κ1) is 17.2. The van der Waals surface area contributed by atoms with Crippen molar-refractivity contribution in [2.45, 2.75) is 0 Å². The van der Waals surface area contributed by atoms with E-state index in [0.29, 0.717) is 11.3 Å². The lowest BCUT2D eigenvalue weighted by molar-refractivity contribution is 0.0681. The molecule has 5 nitrogen and oxygen atoms in total. The van der Waals surface area contributed by atoms with Gasteiger partial charge in [0.1, 0.15) is 17.1 Å². The van der Waals surface area contributed by atoms with Crippen LogP contribution in [0.4, 0.5) is 0 Å². The van der Waals surface area contributed by atoms with E-state index < -0.39 is 11.9 Å². The van der Waals surface area contributed by atoms with Gasteiger partial charge >= 0.3 is 11.9 Å². The highest BCUT2D eigenvalue weighted by atomic mass is 16.5. The van der Waals surface area contributed by atoms with Crippen LogP contribution < -0.4 is 9.47 Å². The molecule has 3 aromatic carbocycles. The number of hydrogen-bond acceptors (Lipinski definition) is 4. The Bertz CT molecular complexity index is 930. The maximum Gasteiger partial charge on any atom is 0.343 e. The van der Waals surface area contributed by atoms with Gasteiger partial charge in [0, 0.05) is 6.07 Å². The molecule has 5 heteroatoms. The van der Waals surface area contributed by atoms with Gasteiger partial charge in [-0.1, -0.05) is 42.5 Å². The zero-order valence-electron chi connectivity index (χ0n) is 14.0. The van der Waals surface area contributed by atoms with Gasteiger partial charge in [0.2, 0.25) is 0 Å². The second-order valence-corrected chi connectivity index (χ2v) is 5.50. The van der Waals surface area contributed by atoms with E-state index in [1.165, 1.54) is 25.3 Å². The number of benzene rings is 3. The van der Waals surface area contributed by atoms with Gasteiger partial charge in [0.05, 0.1) is 12.7 Å². The number of carboxylic acid groups (broad SMARTS) is 1. The van der Waals surface area contributed by atoms with E-state index in [1.807, 2.05) is 42.5 Å². The molecule has 0 atom stereocenters. The van der Waals surface area contributed by atoms with Crippen LogP contribution in [0, 0.1) is 0 Å². The molecule has 0 spiro atoms. The Kier molecular flexibility index (Phi) is 4.99. The van der Waals surface area contributed by atoms with Crippen molar-refractivity contribution in [3.63, 3.8) is 0 Å². The molecule has 0 amide bonds. The number of methoxy groups -OCH3 is 1. The van der Waals surface area contributed by atoms with Gasteiger partial charge < -0.3 is 14.6 Å². The van der Waals surface area contributed by atoms with Gasteiger partial charge in [0.15, 0.2) is 0 Å². The fourth-order valence-corrected chi connectivity index (χ4v) is 2.48. The summed E-state index contributed by atoms with van der Waals surface area (Å²) in [5, 5.41) is 9.24. The molecule has 0 fully saturated rings. The average molecular weight is 348 g/mol. The third-order valence-electron chi connectivity index (χ3n) is 3.85. The summed E-state index contributed by atoms with van der Waals surface area (Å²) in [6.45, 7) is 0. The summed E-state index contributed by atoms with van der Waals surface area (Å²) >= 11 is 0. The summed E-state index contributed by atoms with van der Waals surface area (Å²) in [6, 6.07) is 20.9. The SMILES string of the molecule is COc1ccc(C(=O)O)c(OC(=O)c2ccc(-c3ccccc3)cc2)c1. The van der Waals surface area contributed by atoms with Gasteiger partial charge in [-0.2, -0.15) is 0 Å². The first-order chi connectivity index (χ1) is 12.6. The van der Waals surface area contributed by atoms with Gasteiger partial charge in [-0.05, 0) is 35.4 Å². The van der Waals surface area contributed by atoms with Crippen LogP contribution in [-0.4, -0.2) is 24.2 Å². The fourth-order valence-electron chi connectivity index (χ4n) is 2.48. The molecule has 0 aliphatic carbocycles. The topological polar surface area (TPSA) is 72.8 Å². The molecule has 0 aromatic heterocycles. The van der Waals surface area contributed by atoms with E-state index in [-0.39, 0.29) is 11.3 Å². The van der Waals surface area contributed by atoms with Crippen LogP contribution in [0.15, 0.2) is 72.8 Å². The Labute approximate surface area is 150 Å². The third-order valence-corrected chi connectivity index (χ3v) is 3.85. The van der Waals surface area contributed by atoms with Crippen LogP contribution in [0.3, 0.4) is 0 Å². The minimum absolute atomic E-state index is 0.0611. The number of ether oxygens (including phenoxy) is 2. The van der Waals surface area contributed by atoms with Crippen LogP contribution in [0.1, 0.15) is 20.7 Å². The van der Waals surface area contributed by atoms with Crippen molar-refractivity contribution in [1.82, 2.24) is 0 Å². The molecule has 1 N–H and O–H groups in total. The molecular weight excluding hydrogens is 332 g/mol. The van der Waals surface area contributed by atoms with Crippen molar-refractivity contribution >= 4 is 11.9 Å². The summed E-state index contributed by atoms with van der Waals surface area (Å²) in [5.41, 5.74) is 2.21. The van der Waals surface area contributed by atoms with Crippen molar-refractivity contribution in [3.05, 3.63) is 83.9 Å². The Morgan fingerprint density at radius 2 is 1.50 bits per heavy atom. The molecule has 0 bridgehead atoms. The predicted molar refractivity (Wildman–Crippen MR) is 96.8 cm³/mol. The van der Waals surface area contributed by atoms with E-state index in [4.69, 9.17) is 9.47 Å². The Balaban J connectivity index is 1.83. The van der Waals surface area contributed by atoms with Gasteiger partial charge in [0.25, 0.3) is 0 Å². The highest BCUT2D eigenvalue weighted by molar-refractivity contribution is 5.95. The molecule has 3 aromatic rings. The van der Waals surface area contributed by atoms with E-state index in [1.54, 1.807) is 12.1 Å². The van der Waals surface area contributed by atoms with Crippen molar-refractivity contribution < 1.29 is 24.2 Å². The second-order valence-electron chi connectivity index (χ2n) is 5.50. The molecule has 0 saturated carbocycles. The zero-order chi connectivity index (χ0) is 18.5. The predicted octanol–water partition coefficient (Wildman–Crippen LogP) is 4.28. The zero-order valence-corrected chi connectivity index (χ0v) is 14.0. The smallest absolute Gasteiger partial charge is 0.343 e. The first-order valence-corrected chi connectivity index (χ1v) is 7.87. The summed E-state index contributed by atoms with van der Waals surface area (Å²) in [7, 11) is 1.45. The van der Waals surface area contributed by atoms with Crippen LogP contribution >= 0.6 is 0 Å². The maximum atomic E-state index is 12.4. The Morgan fingerprint density at radius 1 is 0.846 bits per heavy atom. The number of rotatable bonds is 5. The van der Waals surface area contributed by atoms with Crippen LogP contribution in [0.2, 0.25) is 0 Å². The molecule has 26 heavy (non-hydrogen) atoms. The van der Waals surface area contributed by atoms with E-state index >= 15 is 0 Å². The van der Waals surface area contributed by atoms with E-state index in [2.05, 4.69) is 0 Å². The maximum absolute atomic E-state index is 12.4. The van der Waals surface area contributed by atoms with Crippen molar-refractivity contribution in [2.75, 3.05) is 7.11 Å². The van der Waals surface area contributed by atoms with Crippen molar-refractivity contribution in [1.29, 1.82) is 0 Å². The lowest BCUT2D eigenvalue weighted by atomic mass is 10.0. The molecule has 3 rings (SSSR count). The standard InChI is InChI=1S/C21H16O5/c1-25-17-11-12-18(20(22)23)19(13-17)26-21(24)16-9-7-15(8-10-16)14-5-3-2-4-6-14/h2-13H,1H3,(H,22,23). The highest BCUT2D eigenvalue weighted by Crippen LogP contribution is 2.26. The number of hydrogen-bond donors (Lipinski definition) is 1. The van der Waals surface area contributed by atoms with Crippen LogP contribution in [-0.2, 0) is 0 Å². The number of carbonyl (C=O) groups excluding carboxylic acids is 1. The quantitative estimate of drug-likeness (QED) is 0.550. The normalized spacial score (nSPS) is 10.2. The average Bonchev–Trinajstić information content (AvgIpc) is 2.68. The van der Waals surface area contributed by atoms with Crippen molar-refractivity contribution in [2.24, 2.45) is 0 Å². The van der Waals surface area contributed by atoms with Gasteiger partial charge in [-0.25, -0.2) is 9.59 Å². The molecule has 0 aliphatic rings. The summed E-state index contributed by atoms with van der Waals surface area (Å²) < 4.78 is 10.3. The molecule has 0 aliphatic heterocycles. The second kappa shape index (κ2) is 7.53. The summed E-state index contributed by atoms with van der Waals surface area (Å²) in [6.07, 6.45) is 0. The minimum atomic E-state index is -1.19. The van der Waals surface area contributed by atoms with E-state index in [0.717, 1.165) is 11.1 Å². The molecular formula is C21H16O5. The lowest BCUT2D eigenvalue weighted by Gasteiger charge is -2.10. The highest BCUT2D eigenvalue weighted by Gasteiger charge is 2.17. The van der Waals surface area contributed by atoms with E-state index in [9.17, 15) is 14.7 Å². The van der Waals surface area contributed by atoms with Crippen LogP contribution in [0.5, 0.6) is 11.5 Å². The Hall–Kier alpha value is -3.60. The Morgan fingerprint density at radius 3 is 2.12 bits per heavy atom. The minimum Gasteiger partial charge on any atom is -0.497 e. The van der Waals surface area contributed by atoms with Gasteiger partial charge in [-0.3, -0.25) is 0 Å². The fraction of sp³-hybridized carbons (Fsp3) is 0.0476. The van der Waals surface area contributed by atoms with Crippen LogP contribution in [0.25, 0.3) is 11.1 Å². The van der Waals surface area contributed by atoms with Gasteiger partial charge in [-0.15, -0.1) is 0 Å². The number of esters is 1. The third kappa shape index (κ3) is 3.72. The molecule has 0 saturated heterocycles.